The molecule has 0 aliphatic rings. The first-order valence-electron chi connectivity index (χ1n) is 6.33. The van der Waals surface area contributed by atoms with E-state index in [9.17, 15) is 4.79 Å². The molecule has 0 atom stereocenters. The zero-order valence-corrected chi connectivity index (χ0v) is 11.2. The zero-order valence-electron chi connectivity index (χ0n) is 11.2. The SMILES string of the molecule is CC[NH2+]Cc1ccc(-c2ccc(C(=O)OC)cc2)o1. The molecule has 0 amide bonds. The second-order valence-electron chi connectivity index (χ2n) is 4.24. The van der Waals surface area contributed by atoms with Crippen molar-refractivity contribution in [1.29, 1.82) is 0 Å². The van der Waals surface area contributed by atoms with Gasteiger partial charge in [0.15, 0.2) is 5.76 Å². The van der Waals surface area contributed by atoms with Crippen LogP contribution in [0, 0.1) is 0 Å². The lowest BCUT2D eigenvalue weighted by Gasteiger charge is -2.01. The molecular formula is C15H18NO3+. The van der Waals surface area contributed by atoms with Crippen LogP contribution in [0.5, 0.6) is 0 Å². The van der Waals surface area contributed by atoms with Gasteiger partial charge in [0.1, 0.15) is 12.3 Å². The van der Waals surface area contributed by atoms with Crippen LogP contribution in [0.3, 0.4) is 0 Å². The van der Waals surface area contributed by atoms with Gasteiger partial charge in [-0.2, -0.15) is 0 Å². The summed E-state index contributed by atoms with van der Waals surface area (Å²) in [5, 5.41) is 2.17. The van der Waals surface area contributed by atoms with Crippen molar-refractivity contribution < 1.29 is 19.3 Å². The fraction of sp³-hybridized carbons (Fsp3) is 0.267. The molecule has 1 aromatic heterocycles. The summed E-state index contributed by atoms with van der Waals surface area (Å²) in [4.78, 5) is 11.3. The molecule has 0 unspecified atom stereocenters. The van der Waals surface area contributed by atoms with Crippen LogP contribution in [0.25, 0.3) is 11.3 Å². The number of nitrogens with two attached hydrogens (primary N) is 1. The Morgan fingerprint density at radius 3 is 2.58 bits per heavy atom. The van der Waals surface area contributed by atoms with E-state index in [4.69, 9.17) is 4.42 Å². The van der Waals surface area contributed by atoms with Gasteiger partial charge in [-0.3, -0.25) is 0 Å². The molecule has 1 heterocycles. The highest BCUT2D eigenvalue weighted by Gasteiger charge is 2.08. The molecule has 0 aliphatic carbocycles. The van der Waals surface area contributed by atoms with Crippen LogP contribution in [0.2, 0.25) is 0 Å². The van der Waals surface area contributed by atoms with Gasteiger partial charge in [0.2, 0.25) is 0 Å². The molecule has 0 bridgehead atoms. The van der Waals surface area contributed by atoms with Crippen molar-refractivity contribution in [3.8, 4) is 11.3 Å². The summed E-state index contributed by atoms with van der Waals surface area (Å²) >= 11 is 0. The van der Waals surface area contributed by atoms with Crippen molar-refractivity contribution in [2.45, 2.75) is 13.5 Å². The van der Waals surface area contributed by atoms with E-state index in [1.54, 1.807) is 12.1 Å². The quantitative estimate of drug-likeness (QED) is 0.834. The molecule has 2 N–H and O–H groups in total. The fourth-order valence-electron chi connectivity index (χ4n) is 1.82. The number of hydrogen-bond acceptors (Lipinski definition) is 3. The van der Waals surface area contributed by atoms with Crippen molar-refractivity contribution >= 4 is 5.97 Å². The lowest BCUT2D eigenvalue weighted by molar-refractivity contribution is -0.669. The van der Waals surface area contributed by atoms with E-state index in [0.29, 0.717) is 5.56 Å². The second-order valence-corrected chi connectivity index (χ2v) is 4.24. The van der Waals surface area contributed by atoms with Crippen molar-refractivity contribution in [2.75, 3.05) is 13.7 Å². The molecule has 0 fully saturated rings. The molecule has 0 aliphatic heterocycles. The van der Waals surface area contributed by atoms with Crippen molar-refractivity contribution in [3.05, 3.63) is 47.7 Å². The highest BCUT2D eigenvalue weighted by atomic mass is 16.5. The molecule has 4 heteroatoms. The van der Waals surface area contributed by atoms with Crippen molar-refractivity contribution in [1.82, 2.24) is 0 Å². The minimum Gasteiger partial charge on any atom is -0.465 e. The first-order chi connectivity index (χ1) is 9.24. The highest BCUT2D eigenvalue weighted by molar-refractivity contribution is 5.89. The number of carbonyl (C=O) groups excluding carboxylic acids is 1. The molecule has 2 rings (SSSR count). The number of ether oxygens (including phenoxy) is 1. The van der Waals surface area contributed by atoms with Crippen LogP contribution >= 0.6 is 0 Å². The number of rotatable bonds is 5. The standard InChI is InChI=1S/C15H17NO3/c1-3-16-10-13-8-9-14(19-13)11-4-6-12(7-5-11)15(17)18-2/h4-9,16H,3,10H2,1-2H3/p+1. The summed E-state index contributed by atoms with van der Waals surface area (Å²) in [7, 11) is 1.37. The molecule has 0 radical (unpaired) electrons. The number of esters is 1. The number of methoxy groups -OCH3 is 1. The van der Waals surface area contributed by atoms with Crippen LogP contribution in [0.15, 0.2) is 40.8 Å². The fourth-order valence-corrected chi connectivity index (χ4v) is 1.82. The van der Waals surface area contributed by atoms with E-state index in [1.807, 2.05) is 24.3 Å². The van der Waals surface area contributed by atoms with Crippen LogP contribution < -0.4 is 5.32 Å². The molecule has 19 heavy (non-hydrogen) atoms. The Balaban J connectivity index is 2.13. The van der Waals surface area contributed by atoms with Gasteiger partial charge in [-0.1, -0.05) is 12.1 Å². The average molecular weight is 260 g/mol. The van der Waals surface area contributed by atoms with Gasteiger partial charge in [-0.05, 0) is 31.2 Å². The smallest absolute Gasteiger partial charge is 0.337 e. The Bertz CT molecular complexity index is 543. The van der Waals surface area contributed by atoms with E-state index in [1.165, 1.54) is 7.11 Å². The van der Waals surface area contributed by atoms with E-state index < -0.39 is 0 Å². The lowest BCUT2D eigenvalue weighted by atomic mass is 10.1. The van der Waals surface area contributed by atoms with Crippen LogP contribution in [-0.2, 0) is 11.3 Å². The number of carbonyl (C=O) groups is 1. The maximum Gasteiger partial charge on any atom is 0.337 e. The maximum absolute atomic E-state index is 11.3. The van der Waals surface area contributed by atoms with E-state index in [0.717, 1.165) is 30.2 Å². The second kappa shape index (κ2) is 6.20. The third kappa shape index (κ3) is 3.23. The number of quaternary nitrogens is 1. The third-order valence-electron chi connectivity index (χ3n) is 2.89. The van der Waals surface area contributed by atoms with Crippen LogP contribution in [0.4, 0.5) is 0 Å². The van der Waals surface area contributed by atoms with E-state index in [-0.39, 0.29) is 5.97 Å². The number of benzene rings is 1. The predicted octanol–water partition coefficient (Wildman–Crippen LogP) is 1.82. The molecule has 4 nitrogen and oxygen atoms in total. The van der Waals surface area contributed by atoms with E-state index >= 15 is 0 Å². The minimum atomic E-state index is -0.329. The molecule has 0 saturated carbocycles. The molecule has 1 aromatic carbocycles. The highest BCUT2D eigenvalue weighted by Crippen LogP contribution is 2.22. The Morgan fingerprint density at radius 2 is 1.95 bits per heavy atom. The van der Waals surface area contributed by atoms with Gasteiger partial charge in [0.25, 0.3) is 0 Å². The molecule has 100 valence electrons. The van der Waals surface area contributed by atoms with Gasteiger partial charge < -0.3 is 14.5 Å². The Morgan fingerprint density at radius 1 is 1.21 bits per heavy atom. The third-order valence-corrected chi connectivity index (χ3v) is 2.89. The molecule has 2 aromatic rings. The predicted molar refractivity (Wildman–Crippen MR) is 71.7 cm³/mol. The molecular weight excluding hydrogens is 242 g/mol. The summed E-state index contributed by atoms with van der Waals surface area (Å²) in [5.41, 5.74) is 1.49. The average Bonchev–Trinajstić information content (AvgIpc) is 2.93. The number of furan rings is 1. The topological polar surface area (TPSA) is 56.0 Å². The normalized spacial score (nSPS) is 10.4. The Labute approximate surface area is 112 Å². The summed E-state index contributed by atoms with van der Waals surface area (Å²) in [6.45, 7) is 3.98. The summed E-state index contributed by atoms with van der Waals surface area (Å²) in [5.74, 6) is 1.44. The first-order valence-corrected chi connectivity index (χ1v) is 6.33. The van der Waals surface area contributed by atoms with Gasteiger partial charge in [0, 0.05) is 5.56 Å². The van der Waals surface area contributed by atoms with Crippen molar-refractivity contribution in [2.24, 2.45) is 0 Å². The summed E-state index contributed by atoms with van der Waals surface area (Å²) < 4.78 is 10.4. The molecule has 0 spiro atoms. The first kappa shape index (κ1) is 13.4. The monoisotopic (exact) mass is 260 g/mol. The van der Waals surface area contributed by atoms with Crippen LogP contribution in [-0.4, -0.2) is 19.6 Å². The zero-order chi connectivity index (χ0) is 13.7. The maximum atomic E-state index is 11.3. The Hall–Kier alpha value is -2.07. The molecule has 0 saturated heterocycles. The van der Waals surface area contributed by atoms with Crippen molar-refractivity contribution in [3.63, 3.8) is 0 Å². The minimum absolute atomic E-state index is 0.329. The Kier molecular flexibility index (Phi) is 4.36. The van der Waals surface area contributed by atoms with Gasteiger partial charge in [0.05, 0.1) is 19.2 Å². The van der Waals surface area contributed by atoms with Gasteiger partial charge in [-0.25, -0.2) is 4.79 Å². The summed E-state index contributed by atoms with van der Waals surface area (Å²) in [6.07, 6.45) is 0. The van der Waals surface area contributed by atoms with Gasteiger partial charge >= 0.3 is 5.97 Å². The van der Waals surface area contributed by atoms with Crippen LogP contribution in [0.1, 0.15) is 23.0 Å². The van der Waals surface area contributed by atoms with Gasteiger partial charge in [-0.15, -0.1) is 0 Å². The van der Waals surface area contributed by atoms with E-state index in [2.05, 4.69) is 17.0 Å². The largest absolute Gasteiger partial charge is 0.465 e. The lowest BCUT2D eigenvalue weighted by Crippen LogP contribution is -2.81. The summed E-state index contributed by atoms with van der Waals surface area (Å²) in [6, 6.07) is 11.1. The number of hydrogen-bond donors (Lipinski definition) is 1.